The molecule has 2 aromatic heterocycles. The van der Waals surface area contributed by atoms with Crippen molar-refractivity contribution < 1.29 is 9.21 Å². The number of carbonyl (C=O) groups excluding carboxylic acids is 1. The number of aromatic nitrogens is 1. The Morgan fingerprint density at radius 3 is 2.37 bits per heavy atom. The minimum atomic E-state index is 0.00140. The van der Waals surface area contributed by atoms with Crippen LogP contribution in [0.4, 0.5) is 0 Å². The third kappa shape index (κ3) is 4.71. The van der Waals surface area contributed by atoms with Crippen LogP contribution in [0, 0.1) is 0 Å². The Hall–Kier alpha value is -3.53. The molecule has 4 nitrogen and oxygen atoms in total. The first kappa shape index (κ1) is 19.8. The molecule has 0 fully saturated rings. The summed E-state index contributed by atoms with van der Waals surface area (Å²) >= 11 is 0. The van der Waals surface area contributed by atoms with E-state index in [0.29, 0.717) is 18.7 Å². The van der Waals surface area contributed by atoms with Crippen molar-refractivity contribution >= 4 is 5.91 Å². The van der Waals surface area contributed by atoms with Crippen LogP contribution < -0.4 is 0 Å². The zero-order chi connectivity index (χ0) is 20.8. The zero-order valence-electron chi connectivity index (χ0n) is 17.2. The summed E-state index contributed by atoms with van der Waals surface area (Å²) in [5, 5.41) is 0. The lowest BCUT2D eigenvalue weighted by molar-refractivity contribution is 0.0713. The summed E-state index contributed by atoms with van der Waals surface area (Å²) in [7, 11) is 0. The number of aryl methyl sites for hydroxylation is 1. The first-order valence-electron chi connectivity index (χ1n) is 10.3. The second kappa shape index (κ2) is 9.31. The molecule has 30 heavy (non-hydrogen) atoms. The molecular weight excluding hydrogens is 372 g/mol. The average Bonchev–Trinajstić information content (AvgIpc) is 3.46. The van der Waals surface area contributed by atoms with Gasteiger partial charge in [-0.25, -0.2) is 0 Å². The van der Waals surface area contributed by atoms with Crippen LogP contribution in [-0.4, -0.2) is 15.4 Å². The summed E-state index contributed by atoms with van der Waals surface area (Å²) in [6.45, 7) is 3.82. The molecule has 0 aliphatic carbocycles. The number of furan rings is 1. The highest BCUT2D eigenvalue weighted by Crippen LogP contribution is 2.17. The van der Waals surface area contributed by atoms with Crippen LogP contribution >= 0.6 is 0 Å². The molecule has 0 aliphatic rings. The van der Waals surface area contributed by atoms with E-state index in [0.717, 1.165) is 24.4 Å². The Balaban J connectivity index is 1.57. The molecule has 4 aromatic rings. The molecular formula is C26H26N2O2. The molecule has 0 aliphatic heterocycles. The van der Waals surface area contributed by atoms with Crippen LogP contribution in [0.2, 0.25) is 0 Å². The molecule has 0 unspecified atom stereocenters. The maximum atomic E-state index is 13.3. The lowest BCUT2D eigenvalue weighted by Gasteiger charge is -2.23. The van der Waals surface area contributed by atoms with E-state index in [-0.39, 0.29) is 5.91 Å². The van der Waals surface area contributed by atoms with Gasteiger partial charge in [0.1, 0.15) is 5.76 Å². The fraction of sp³-hybridized carbons (Fsp3) is 0.192. The third-order valence-electron chi connectivity index (χ3n) is 5.30. The van der Waals surface area contributed by atoms with Gasteiger partial charge in [-0.15, -0.1) is 0 Å². The Bertz CT molecular complexity index is 1060. The summed E-state index contributed by atoms with van der Waals surface area (Å²) in [6, 6.07) is 26.1. The van der Waals surface area contributed by atoms with Gasteiger partial charge in [0.15, 0.2) is 0 Å². The molecule has 2 aromatic carbocycles. The number of carbonyl (C=O) groups is 1. The van der Waals surface area contributed by atoms with Gasteiger partial charge in [0, 0.05) is 24.0 Å². The third-order valence-corrected chi connectivity index (χ3v) is 5.30. The molecule has 0 radical (unpaired) electrons. The van der Waals surface area contributed by atoms with Crippen LogP contribution in [0.5, 0.6) is 0 Å². The van der Waals surface area contributed by atoms with Crippen molar-refractivity contribution in [1.82, 2.24) is 9.47 Å². The molecule has 0 spiro atoms. The normalized spacial score (nSPS) is 10.8. The highest BCUT2D eigenvalue weighted by molar-refractivity contribution is 5.94. The quantitative estimate of drug-likeness (QED) is 0.391. The fourth-order valence-electron chi connectivity index (χ4n) is 3.58. The molecule has 0 saturated carbocycles. The first-order valence-corrected chi connectivity index (χ1v) is 10.3. The lowest BCUT2D eigenvalue weighted by atomic mass is 10.1. The zero-order valence-corrected chi connectivity index (χ0v) is 17.2. The summed E-state index contributed by atoms with van der Waals surface area (Å²) in [6.07, 6.45) is 4.66. The number of nitrogens with zero attached hydrogens (tertiary/aromatic N) is 2. The molecule has 0 bridgehead atoms. The van der Waals surface area contributed by atoms with Crippen LogP contribution in [0.15, 0.2) is 95.7 Å². The molecule has 4 rings (SSSR count). The minimum Gasteiger partial charge on any atom is -0.467 e. The van der Waals surface area contributed by atoms with Gasteiger partial charge >= 0.3 is 0 Å². The van der Waals surface area contributed by atoms with Crippen molar-refractivity contribution in [2.24, 2.45) is 0 Å². The van der Waals surface area contributed by atoms with E-state index >= 15 is 0 Å². The van der Waals surface area contributed by atoms with Gasteiger partial charge in [0.25, 0.3) is 5.91 Å². The van der Waals surface area contributed by atoms with E-state index in [2.05, 4.69) is 35.9 Å². The first-order chi connectivity index (χ1) is 14.7. The van der Waals surface area contributed by atoms with E-state index in [4.69, 9.17) is 4.42 Å². The van der Waals surface area contributed by atoms with E-state index in [1.165, 1.54) is 11.1 Å². The average molecular weight is 399 g/mol. The molecule has 0 atom stereocenters. The van der Waals surface area contributed by atoms with E-state index in [1.807, 2.05) is 65.6 Å². The predicted octanol–water partition coefficient (Wildman–Crippen LogP) is 5.53. The molecule has 0 N–H and O–H groups in total. The van der Waals surface area contributed by atoms with Crippen molar-refractivity contribution in [3.63, 3.8) is 0 Å². The number of rotatable bonds is 8. The number of benzene rings is 2. The van der Waals surface area contributed by atoms with Crippen molar-refractivity contribution in [3.05, 3.63) is 119 Å². The van der Waals surface area contributed by atoms with Gasteiger partial charge in [0.05, 0.1) is 19.4 Å². The summed E-state index contributed by atoms with van der Waals surface area (Å²) in [4.78, 5) is 15.2. The van der Waals surface area contributed by atoms with Crippen LogP contribution in [-0.2, 0) is 26.1 Å². The number of hydrogen-bond acceptors (Lipinski definition) is 2. The molecule has 0 saturated heterocycles. The monoisotopic (exact) mass is 398 g/mol. The highest BCUT2D eigenvalue weighted by Gasteiger charge is 2.19. The SMILES string of the molecule is CCc1ccc(C(=O)N(Cc2ccco2)Cc2cccn2Cc2ccccc2)cc1. The predicted molar refractivity (Wildman–Crippen MR) is 118 cm³/mol. The minimum absolute atomic E-state index is 0.00140. The van der Waals surface area contributed by atoms with Crippen molar-refractivity contribution in [2.45, 2.75) is 33.0 Å². The number of hydrogen-bond donors (Lipinski definition) is 0. The Morgan fingerprint density at radius 1 is 0.867 bits per heavy atom. The Morgan fingerprint density at radius 2 is 1.67 bits per heavy atom. The molecule has 152 valence electrons. The van der Waals surface area contributed by atoms with Gasteiger partial charge in [-0.05, 0) is 53.9 Å². The van der Waals surface area contributed by atoms with Crippen LogP contribution in [0.3, 0.4) is 0 Å². The van der Waals surface area contributed by atoms with Gasteiger partial charge in [-0.1, -0.05) is 49.4 Å². The summed E-state index contributed by atoms with van der Waals surface area (Å²) in [5.74, 6) is 0.774. The van der Waals surface area contributed by atoms with E-state index in [9.17, 15) is 4.79 Å². The maximum absolute atomic E-state index is 13.3. The molecule has 2 heterocycles. The van der Waals surface area contributed by atoms with Crippen LogP contribution in [0.1, 0.15) is 39.9 Å². The molecule has 4 heteroatoms. The van der Waals surface area contributed by atoms with Crippen molar-refractivity contribution in [3.8, 4) is 0 Å². The number of amides is 1. The fourth-order valence-corrected chi connectivity index (χ4v) is 3.58. The maximum Gasteiger partial charge on any atom is 0.254 e. The van der Waals surface area contributed by atoms with E-state index < -0.39 is 0 Å². The second-order valence-corrected chi connectivity index (χ2v) is 7.40. The van der Waals surface area contributed by atoms with Crippen LogP contribution in [0.25, 0.3) is 0 Å². The standard InChI is InChI=1S/C26H26N2O2/c1-2-21-12-14-23(15-13-21)26(29)28(20-25-11-7-17-30-25)19-24-10-6-16-27(24)18-22-8-4-3-5-9-22/h3-17H,2,18-20H2,1H3. The van der Waals surface area contributed by atoms with Gasteiger partial charge in [-0.3, -0.25) is 4.79 Å². The van der Waals surface area contributed by atoms with Gasteiger partial charge in [0.2, 0.25) is 0 Å². The largest absolute Gasteiger partial charge is 0.467 e. The van der Waals surface area contributed by atoms with E-state index in [1.54, 1.807) is 6.26 Å². The highest BCUT2D eigenvalue weighted by atomic mass is 16.3. The Kier molecular flexibility index (Phi) is 6.14. The van der Waals surface area contributed by atoms with Crippen molar-refractivity contribution in [2.75, 3.05) is 0 Å². The van der Waals surface area contributed by atoms with Crippen molar-refractivity contribution in [1.29, 1.82) is 0 Å². The summed E-state index contributed by atoms with van der Waals surface area (Å²) in [5.41, 5.74) is 4.23. The second-order valence-electron chi connectivity index (χ2n) is 7.40. The lowest BCUT2D eigenvalue weighted by Crippen LogP contribution is -2.31. The summed E-state index contributed by atoms with van der Waals surface area (Å²) < 4.78 is 7.72. The Labute approximate surface area is 177 Å². The molecule has 1 amide bonds. The van der Waals surface area contributed by atoms with Gasteiger partial charge < -0.3 is 13.9 Å². The topological polar surface area (TPSA) is 38.4 Å². The van der Waals surface area contributed by atoms with Gasteiger partial charge in [-0.2, -0.15) is 0 Å². The smallest absolute Gasteiger partial charge is 0.254 e.